The minimum atomic E-state index is -0.790. The molecule has 39 heavy (non-hydrogen) atoms. The summed E-state index contributed by atoms with van der Waals surface area (Å²) >= 11 is 0. The number of carbonyl (C=O) groups excluding carboxylic acids is 1. The van der Waals surface area contributed by atoms with Gasteiger partial charge in [-0.15, -0.1) is 0 Å². The summed E-state index contributed by atoms with van der Waals surface area (Å²) in [6.07, 6.45) is 3.47. The zero-order valence-corrected chi connectivity index (χ0v) is 22.3. The van der Waals surface area contributed by atoms with Crippen LogP contribution in [-0.4, -0.2) is 52.5 Å². The molecule has 2 aliphatic rings. The number of aryl methyl sites for hydroxylation is 1. The Labute approximate surface area is 226 Å². The van der Waals surface area contributed by atoms with Gasteiger partial charge in [-0.2, -0.15) is 0 Å². The summed E-state index contributed by atoms with van der Waals surface area (Å²) in [7, 11) is 5.97. The van der Waals surface area contributed by atoms with Crippen LogP contribution in [0.5, 0.6) is 34.5 Å². The molecule has 1 heterocycles. The zero-order valence-electron chi connectivity index (χ0n) is 22.3. The summed E-state index contributed by atoms with van der Waals surface area (Å²) in [5.41, 5.74) is 4.31. The molecule has 0 aromatic heterocycles. The number of rotatable bonds is 7. The third kappa shape index (κ3) is 4.71. The van der Waals surface area contributed by atoms with Crippen molar-refractivity contribution < 1.29 is 38.3 Å². The first-order chi connectivity index (χ1) is 18.9. The van der Waals surface area contributed by atoms with E-state index in [2.05, 4.69) is 4.99 Å². The van der Waals surface area contributed by atoms with Gasteiger partial charge in [-0.05, 0) is 77.2 Å². The number of hydrogen-bond acceptors (Lipinski definition) is 9. The Morgan fingerprint density at radius 2 is 1.67 bits per heavy atom. The largest absolute Gasteiger partial charge is 0.506 e. The second-order valence-electron chi connectivity index (χ2n) is 9.17. The van der Waals surface area contributed by atoms with Crippen LogP contribution in [0.1, 0.15) is 28.2 Å². The van der Waals surface area contributed by atoms with Crippen LogP contribution >= 0.6 is 0 Å². The predicted octanol–water partition coefficient (Wildman–Crippen LogP) is 5.18. The molecule has 202 valence electrons. The molecule has 3 aromatic rings. The lowest BCUT2D eigenvalue weighted by atomic mass is 9.71. The molecule has 1 aliphatic carbocycles. The standard InChI is InChI=1S/C30H29NO8/c1-16-6-7-22(32)21(8-16)31-14-19-9-17-10-23-24(39-15-38-23)13-20(17)27(28(19)30(33)37-5)18-11-25(34-2)29(36-4)26(12-18)35-3/h6-14,27-28,32H,15H2,1-5H3/t27-,28-/m1/s1. The minimum absolute atomic E-state index is 0.0350. The highest BCUT2D eigenvalue weighted by Gasteiger charge is 2.40. The summed E-state index contributed by atoms with van der Waals surface area (Å²) in [5.74, 6) is 0.792. The molecule has 0 unspecified atom stereocenters. The third-order valence-electron chi connectivity index (χ3n) is 6.91. The average Bonchev–Trinajstić information content (AvgIpc) is 3.41. The zero-order chi connectivity index (χ0) is 27.7. The van der Waals surface area contributed by atoms with E-state index >= 15 is 0 Å². The Bertz CT molecular complexity index is 1470. The Morgan fingerprint density at radius 1 is 0.974 bits per heavy atom. The first-order valence-electron chi connectivity index (χ1n) is 12.2. The Balaban J connectivity index is 1.74. The van der Waals surface area contributed by atoms with Gasteiger partial charge in [0, 0.05) is 12.1 Å². The van der Waals surface area contributed by atoms with Gasteiger partial charge in [0.2, 0.25) is 12.5 Å². The first kappa shape index (κ1) is 26.0. The third-order valence-corrected chi connectivity index (χ3v) is 6.91. The van der Waals surface area contributed by atoms with E-state index in [1.165, 1.54) is 28.4 Å². The van der Waals surface area contributed by atoms with Gasteiger partial charge in [-0.3, -0.25) is 9.79 Å². The predicted molar refractivity (Wildman–Crippen MR) is 145 cm³/mol. The second kappa shape index (κ2) is 10.6. The molecule has 9 nitrogen and oxygen atoms in total. The van der Waals surface area contributed by atoms with E-state index in [-0.39, 0.29) is 12.5 Å². The van der Waals surface area contributed by atoms with Crippen molar-refractivity contribution in [2.45, 2.75) is 12.8 Å². The maximum atomic E-state index is 13.5. The van der Waals surface area contributed by atoms with Crippen molar-refractivity contribution in [1.82, 2.24) is 0 Å². The molecule has 0 spiro atoms. The van der Waals surface area contributed by atoms with Crippen molar-refractivity contribution >= 4 is 23.9 Å². The topological polar surface area (TPSA) is 105 Å². The van der Waals surface area contributed by atoms with Gasteiger partial charge >= 0.3 is 5.97 Å². The minimum Gasteiger partial charge on any atom is -0.506 e. The quantitative estimate of drug-likeness (QED) is 0.329. The number of phenolic OH excluding ortho intramolecular Hbond substituents is 1. The van der Waals surface area contributed by atoms with Crippen LogP contribution in [0.2, 0.25) is 0 Å². The molecule has 1 N–H and O–H groups in total. The van der Waals surface area contributed by atoms with Crippen LogP contribution in [0.4, 0.5) is 5.69 Å². The Kier molecular flexibility index (Phi) is 7.06. The molecule has 0 amide bonds. The summed E-state index contributed by atoms with van der Waals surface area (Å²) in [6, 6.07) is 12.6. The van der Waals surface area contributed by atoms with Crippen LogP contribution in [0.25, 0.3) is 6.08 Å². The van der Waals surface area contributed by atoms with Crippen LogP contribution < -0.4 is 23.7 Å². The number of ether oxygens (including phenoxy) is 6. The normalized spacial score (nSPS) is 17.4. The van der Waals surface area contributed by atoms with Crippen molar-refractivity contribution in [3.63, 3.8) is 0 Å². The molecule has 0 bridgehead atoms. The van der Waals surface area contributed by atoms with Gasteiger partial charge in [-0.25, -0.2) is 0 Å². The highest BCUT2D eigenvalue weighted by Crippen LogP contribution is 2.50. The summed E-state index contributed by atoms with van der Waals surface area (Å²) < 4.78 is 33.4. The van der Waals surface area contributed by atoms with E-state index in [4.69, 9.17) is 28.4 Å². The monoisotopic (exact) mass is 531 g/mol. The molecular formula is C30H29NO8. The van der Waals surface area contributed by atoms with E-state index in [1.807, 2.05) is 37.3 Å². The highest BCUT2D eigenvalue weighted by atomic mass is 16.7. The van der Waals surface area contributed by atoms with Crippen LogP contribution in [0.3, 0.4) is 0 Å². The van der Waals surface area contributed by atoms with Gasteiger partial charge in [0.05, 0.1) is 34.4 Å². The highest BCUT2D eigenvalue weighted by molar-refractivity contribution is 5.98. The number of aromatic hydroxyl groups is 1. The van der Waals surface area contributed by atoms with Gasteiger partial charge in [-0.1, -0.05) is 6.07 Å². The average molecular weight is 532 g/mol. The Morgan fingerprint density at radius 3 is 2.31 bits per heavy atom. The van der Waals surface area contributed by atoms with Crippen LogP contribution in [0, 0.1) is 12.8 Å². The van der Waals surface area contributed by atoms with E-state index in [1.54, 1.807) is 24.4 Å². The van der Waals surface area contributed by atoms with E-state index < -0.39 is 17.8 Å². The fourth-order valence-electron chi connectivity index (χ4n) is 5.06. The molecular weight excluding hydrogens is 502 g/mol. The molecule has 9 heteroatoms. The molecule has 2 atom stereocenters. The summed E-state index contributed by atoms with van der Waals surface area (Å²) in [4.78, 5) is 18.0. The van der Waals surface area contributed by atoms with Crippen molar-refractivity contribution in [3.8, 4) is 34.5 Å². The van der Waals surface area contributed by atoms with E-state index in [9.17, 15) is 9.90 Å². The number of esters is 1. The number of carbonyl (C=O) groups is 1. The smallest absolute Gasteiger partial charge is 0.314 e. The summed E-state index contributed by atoms with van der Waals surface area (Å²) in [5, 5.41) is 10.3. The second-order valence-corrected chi connectivity index (χ2v) is 9.17. The van der Waals surface area contributed by atoms with E-state index in [0.717, 1.165) is 22.3 Å². The van der Waals surface area contributed by atoms with Crippen molar-refractivity contribution in [1.29, 1.82) is 0 Å². The van der Waals surface area contributed by atoms with Gasteiger partial charge in [0.15, 0.2) is 23.0 Å². The number of benzene rings is 3. The van der Waals surface area contributed by atoms with Crippen LogP contribution in [-0.2, 0) is 9.53 Å². The van der Waals surface area contributed by atoms with Gasteiger partial charge in [0.25, 0.3) is 0 Å². The maximum absolute atomic E-state index is 13.5. The number of phenols is 1. The molecule has 0 fully saturated rings. The van der Waals surface area contributed by atoms with E-state index in [0.29, 0.717) is 40.0 Å². The number of fused-ring (bicyclic) bond motifs is 2. The Hall–Kier alpha value is -4.66. The lowest BCUT2D eigenvalue weighted by Gasteiger charge is -2.32. The molecule has 5 rings (SSSR count). The number of nitrogens with zero attached hydrogens (tertiary/aromatic N) is 1. The maximum Gasteiger partial charge on any atom is 0.314 e. The molecule has 3 aromatic carbocycles. The molecule has 0 saturated heterocycles. The van der Waals surface area contributed by atoms with Crippen molar-refractivity contribution in [3.05, 3.63) is 70.3 Å². The number of aliphatic imine (C=N–C) groups is 1. The SMILES string of the molecule is COC(=O)[C@@H]1C(C=Nc2cc(C)ccc2O)=Cc2cc3c(cc2[C@H]1c1cc(OC)c(OC)c(OC)c1)OCO3. The van der Waals surface area contributed by atoms with Gasteiger partial charge in [0.1, 0.15) is 11.4 Å². The van der Waals surface area contributed by atoms with Crippen molar-refractivity contribution in [2.75, 3.05) is 35.2 Å². The fourth-order valence-corrected chi connectivity index (χ4v) is 5.06. The van der Waals surface area contributed by atoms with Crippen LogP contribution in [0.15, 0.2) is 53.0 Å². The first-order valence-corrected chi connectivity index (χ1v) is 12.2. The fraction of sp³-hybridized carbons (Fsp3) is 0.267. The van der Waals surface area contributed by atoms with Crippen molar-refractivity contribution in [2.24, 2.45) is 10.9 Å². The lowest BCUT2D eigenvalue weighted by Crippen LogP contribution is -2.30. The van der Waals surface area contributed by atoms with Gasteiger partial charge < -0.3 is 33.5 Å². The molecule has 0 saturated carbocycles. The number of hydrogen-bond donors (Lipinski definition) is 1. The molecule has 1 aliphatic heterocycles. The number of methoxy groups -OCH3 is 4. The lowest BCUT2D eigenvalue weighted by molar-refractivity contribution is -0.144. The molecule has 0 radical (unpaired) electrons. The summed E-state index contributed by atoms with van der Waals surface area (Å²) in [6.45, 7) is 2.02.